The molecule has 1 aliphatic rings. The average molecular weight is 315 g/mol. The minimum absolute atomic E-state index is 0.0212. The first kappa shape index (κ1) is 16.1. The van der Waals surface area contributed by atoms with Crippen molar-refractivity contribution < 1.29 is 4.74 Å². The van der Waals surface area contributed by atoms with Crippen LogP contribution in [0.25, 0.3) is 0 Å². The van der Waals surface area contributed by atoms with E-state index in [9.17, 15) is 0 Å². The second-order valence-corrected chi connectivity index (χ2v) is 6.08. The van der Waals surface area contributed by atoms with Gasteiger partial charge in [-0.2, -0.15) is 0 Å². The number of H-pyrrole nitrogens is 1. The summed E-state index contributed by atoms with van der Waals surface area (Å²) < 4.78 is 5.89. The number of nitrogens with one attached hydrogen (secondary N) is 1. The molecule has 1 atom stereocenters. The normalized spacial score (nSPS) is 19.1. The van der Waals surface area contributed by atoms with E-state index in [1.807, 2.05) is 19.2 Å². The van der Waals surface area contributed by atoms with Crippen molar-refractivity contribution in [3.63, 3.8) is 0 Å². The minimum atomic E-state index is 0.0212. The van der Waals surface area contributed by atoms with Crippen LogP contribution >= 0.6 is 0 Å². The Hall–Kier alpha value is -1.79. The van der Waals surface area contributed by atoms with Crippen LogP contribution in [0.5, 0.6) is 0 Å². The van der Waals surface area contributed by atoms with Gasteiger partial charge in [0.1, 0.15) is 17.8 Å². The van der Waals surface area contributed by atoms with Gasteiger partial charge < -0.3 is 9.72 Å². The Bertz CT molecular complexity index is 627. The second-order valence-electron chi connectivity index (χ2n) is 6.08. The molecule has 6 heteroatoms. The third-order valence-electron chi connectivity index (χ3n) is 4.12. The van der Waals surface area contributed by atoms with E-state index >= 15 is 0 Å². The van der Waals surface area contributed by atoms with Crippen LogP contribution in [0.3, 0.4) is 0 Å². The molecule has 3 rings (SSSR count). The molecule has 3 heterocycles. The number of hydrogen-bond acceptors (Lipinski definition) is 5. The van der Waals surface area contributed by atoms with Crippen LogP contribution in [0.1, 0.15) is 48.9 Å². The number of imidazole rings is 1. The summed E-state index contributed by atoms with van der Waals surface area (Å²) in [6, 6.07) is 1.94. The van der Waals surface area contributed by atoms with E-state index in [1.165, 1.54) is 18.5 Å². The number of aromatic amines is 1. The Morgan fingerprint density at radius 2 is 2.30 bits per heavy atom. The molecule has 23 heavy (non-hydrogen) atoms. The van der Waals surface area contributed by atoms with Crippen LogP contribution in [0.15, 0.2) is 18.5 Å². The number of aromatic nitrogens is 4. The minimum Gasteiger partial charge on any atom is -0.369 e. The van der Waals surface area contributed by atoms with Gasteiger partial charge in [-0.15, -0.1) is 0 Å². The van der Waals surface area contributed by atoms with Gasteiger partial charge in [0, 0.05) is 44.1 Å². The Morgan fingerprint density at radius 3 is 3.13 bits per heavy atom. The molecule has 0 bridgehead atoms. The summed E-state index contributed by atoms with van der Waals surface area (Å²) in [5.74, 6) is 1.88. The fourth-order valence-corrected chi connectivity index (χ4v) is 2.88. The zero-order valence-corrected chi connectivity index (χ0v) is 14.0. The lowest BCUT2D eigenvalue weighted by Crippen LogP contribution is -2.38. The Balaban J connectivity index is 1.59. The quantitative estimate of drug-likeness (QED) is 0.887. The van der Waals surface area contributed by atoms with Gasteiger partial charge in [-0.3, -0.25) is 4.90 Å². The van der Waals surface area contributed by atoms with E-state index < -0.39 is 0 Å². The zero-order chi connectivity index (χ0) is 16.1. The Kier molecular flexibility index (Phi) is 5.35. The van der Waals surface area contributed by atoms with Crippen molar-refractivity contribution in [1.29, 1.82) is 0 Å². The van der Waals surface area contributed by atoms with E-state index in [0.717, 1.165) is 50.0 Å². The summed E-state index contributed by atoms with van der Waals surface area (Å²) in [4.78, 5) is 19.0. The molecule has 0 saturated carbocycles. The molecule has 1 N–H and O–H groups in total. The fourth-order valence-electron chi connectivity index (χ4n) is 2.88. The average Bonchev–Trinajstić information content (AvgIpc) is 3.00. The summed E-state index contributed by atoms with van der Waals surface area (Å²) in [6.45, 7) is 7.50. The summed E-state index contributed by atoms with van der Waals surface area (Å²) in [6.07, 6.45) is 7.19. The molecule has 2 aromatic heterocycles. The summed E-state index contributed by atoms with van der Waals surface area (Å²) in [7, 11) is 0. The highest BCUT2D eigenvalue weighted by Crippen LogP contribution is 2.21. The molecule has 6 nitrogen and oxygen atoms in total. The maximum absolute atomic E-state index is 5.89. The monoisotopic (exact) mass is 315 g/mol. The highest BCUT2D eigenvalue weighted by atomic mass is 16.5. The van der Waals surface area contributed by atoms with Crippen molar-refractivity contribution in [3.05, 3.63) is 41.5 Å². The molecule has 2 aromatic rings. The van der Waals surface area contributed by atoms with Gasteiger partial charge in [0.25, 0.3) is 0 Å². The van der Waals surface area contributed by atoms with Gasteiger partial charge in [0.05, 0.1) is 12.3 Å². The van der Waals surface area contributed by atoms with Gasteiger partial charge >= 0.3 is 0 Å². The fraction of sp³-hybridized carbons (Fsp3) is 0.588. The van der Waals surface area contributed by atoms with Gasteiger partial charge in [-0.25, -0.2) is 15.0 Å². The molecule has 0 aromatic carbocycles. The van der Waals surface area contributed by atoms with Gasteiger partial charge in [0.15, 0.2) is 0 Å². The van der Waals surface area contributed by atoms with Crippen LogP contribution in [-0.4, -0.2) is 44.5 Å². The maximum atomic E-state index is 5.89. The molecule has 1 saturated heterocycles. The molecular formula is C17H25N5O. The van der Waals surface area contributed by atoms with E-state index in [0.29, 0.717) is 0 Å². The highest BCUT2D eigenvalue weighted by Gasteiger charge is 2.23. The standard InChI is InChI=1S/C17H25N5O/c1-3-4-5-17-19-10-14(21-17)11-22-8-9-23-16(12-22)15-6-7-18-13(2)20-15/h6-7,10,16H,3-5,8-9,11-12H2,1-2H3,(H,19,21)/t16-/m0/s1. The molecule has 0 unspecified atom stereocenters. The number of morpholine rings is 1. The largest absolute Gasteiger partial charge is 0.369 e. The molecule has 0 radical (unpaired) electrons. The van der Waals surface area contributed by atoms with Gasteiger partial charge in [0.2, 0.25) is 0 Å². The second kappa shape index (κ2) is 7.66. The lowest BCUT2D eigenvalue weighted by Gasteiger charge is -2.32. The van der Waals surface area contributed by atoms with Crippen LogP contribution in [-0.2, 0) is 17.7 Å². The SMILES string of the molecule is CCCCc1ncc(CN2CCO[C@H](c3ccnc(C)n3)C2)[nH]1. The van der Waals surface area contributed by atoms with Crippen molar-refractivity contribution in [3.8, 4) is 0 Å². The lowest BCUT2D eigenvalue weighted by atomic mass is 10.2. The van der Waals surface area contributed by atoms with Crippen molar-refractivity contribution in [1.82, 2.24) is 24.8 Å². The van der Waals surface area contributed by atoms with Gasteiger partial charge in [-0.05, 0) is 19.4 Å². The Labute approximate surface area is 137 Å². The number of ether oxygens (including phenoxy) is 1. The maximum Gasteiger partial charge on any atom is 0.125 e. The predicted molar refractivity (Wildman–Crippen MR) is 87.9 cm³/mol. The molecule has 124 valence electrons. The van der Waals surface area contributed by atoms with Crippen molar-refractivity contribution in [2.45, 2.75) is 45.8 Å². The first-order chi connectivity index (χ1) is 11.2. The number of aryl methyl sites for hydroxylation is 2. The number of nitrogens with zero attached hydrogens (tertiary/aromatic N) is 4. The predicted octanol–water partition coefficient (Wildman–Crippen LogP) is 2.42. The number of rotatable bonds is 6. The van der Waals surface area contributed by atoms with Crippen LogP contribution in [0.2, 0.25) is 0 Å². The smallest absolute Gasteiger partial charge is 0.125 e. The third kappa shape index (κ3) is 4.36. The summed E-state index contributed by atoms with van der Waals surface area (Å²) in [5, 5.41) is 0. The molecule has 0 aliphatic carbocycles. The van der Waals surface area contributed by atoms with Crippen LogP contribution in [0, 0.1) is 6.92 Å². The summed E-state index contributed by atoms with van der Waals surface area (Å²) >= 11 is 0. The topological polar surface area (TPSA) is 66.9 Å². The third-order valence-corrected chi connectivity index (χ3v) is 4.12. The Morgan fingerprint density at radius 1 is 1.39 bits per heavy atom. The molecule has 0 spiro atoms. The van der Waals surface area contributed by atoms with Crippen molar-refractivity contribution >= 4 is 0 Å². The number of hydrogen-bond donors (Lipinski definition) is 1. The summed E-state index contributed by atoms with van der Waals surface area (Å²) in [5.41, 5.74) is 2.14. The highest BCUT2D eigenvalue weighted by molar-refractivity contribution is 5.08. The van der Waals surface area contributed by atoms with Crippen molar-refractivity contribution in [2.24, 2.45) is 0 Å². The van der Waals surface area contributed by atoms with E-state index in [1.54, 1.807) is 6.20 Å². The molecule has 0 amide bonds. The van der Waals surface area contributed by atoms with E-state index in [-0.39, 0.29) is 6.10 Å². The van der Waals surface area contributed by atoms with Crippen LogP contribution in [0.4, 0.5) is 0 Å². The molecule has 1 aliphatic heterocycles. The van der Waals surface area contributed by atoms with Crippen LogP contribution < -0.4 is 0 Å². The van der Waals surface area contributed by atoms with E-state index in [4.69, 9.17) is 4.74 Å². The first-order valence-corrected chi connectivity index (χ1v) is 8.41. The van der Waals surface area contributed by atoms with E-state index in [2.05, 4.69) is 31.8 Å². The number of unbranched alkanes of at least 4 members (excludes halogenated alkanes) is 1. The zero-order valence-electron chi connectivity index (χ0n) is 14.0. The van der Waals surface area contributed by atoms with Crippen molar-refractivity contribution in [2.75, 3.05) is 19.7 Å². The molecule has 1 fully saturated rings. The van der Waals surface area contributed by atoms with Gasteiger partial charge in [-0.1, -0.05) is 13.3 Å². The first-order valence-electron chi connectivity index (χ1n) is 8.41. The molecular weight excluding hydrogens is 290 g/mol. The lowest BCUT2D eigenvalue weighted by molar-refractivity contribution is -0.0354.